The maximum Gasteiger partial charge on any atom is 0.256 e. The van der Waals surface area contributed by atoms with Crippen molar-refractivity contribution in [1.29, 1.82) is 0 Å². The molecule has 3 heterocycles. The molecule has 1 fully saturated rings. The molecular formula is C20H21N5O2. The van der Waals surface area contributed by atoms with E-state index >= 15 is 0 Å². The number of amides is 2. The third kappa shape index (κ3) is 3.05. The molecule has 0 aliphatic carbocycles. The fourth-order valence-corrected chi connectivity index (χ4v) is 3.62. The molecule has 7 heteroatoms. The van der Waals surface area contributed by atoms with Crippen LogP contribution in [-0.2, 0) is 11.8 Å². The summed E-state index contributed by atoms with van der Waals surface area (Å²) in [6.45, 7) is 4.45. The first kappa shape index (κ1) is 17.2. The first-order chi connectivity index (χ1) is 12.9. The fourth-order valence-electron chi connectivity index (χ4n) is 3.62. The van der Waals surface area contributed by atoms with Gasteiger partial charge in [0.05, 0.1) is 16.6 Å². The van der Waals surface area contributed by atoms with Gasteiger partial charge in [-0.25, -0.2) is 4.98 Å². The number of fused-ring (bicyclic) bond motifs is 1. The first-order valence-electron chi connectivity index (χ1n) is 8.97. The number of hydrogen-bond donors (Lipinski definition) is 1. The summed E-state index contributed by atoms with van der Waals surface area (Å²) >= 11 is 0. The van der Waals surface area contributed by atoms with Crippen LogP contribution in [0.4, 0.5) is 11.4 Å². The molecule has 0 bridgehead atoms. The molecule has 3 aromatic rings. The quantitative estimate of drug-likeness (QED) is 0.776. The Balaban J connectivity index is 1.67. The van der Waals surface area contributed by atoms with E-state index in [1.807, 2.05) is 45.2 Å². The van der Waals surface area contributed by atoms with Gasteiger partial charge in [0, 0.05) is 37.1 Å². The average molecular weight is 363 g/mol. The minimum Gasteiger partial charge on any atom is -0.322 e. The van der Waals surface area contributed by atoms with Crippen LogP contribution < -0.4 is 10.2 Å². The monoisotopic (exact) mass is 363 g/mol. The third-order valence-electron chi connectivity index (χ3n) is 4.83. The van der Waals surface area contributed by atoms with Gasteiger partial charge in [0.25, 0.3) is 5.91 Å². The van der Waals surface area contributed by atoms with Crippen molar-refractivity contribution in [3.05, 3.63) is 47.3 Å². The zero-order chi connectivity index (χ0) is 19.1. The number of carbonyl (C=O) groups is 2. The van der Waals surface area contributed by atoms with Crippen molar-refractivity contribution in [3.8, 4) is 0 Å². The van der Waals surface area contributed by atoms with Crippen molar-refractivity contribution in [2.75, 3.05) is 16.8 Å². The van der Waals surface area contributed by atoms with Gasteiger partial charge in [0.15, 0.2) is 5.65 Å². The summed E-state index contributed by atoms with van der Waals surface area (Å²) < 4.78 is 1.69. The lowest BCUT2D eigenvalue weighted by Gasteiger charge is -2.17. The maximum absolute atomic E-state index is 13.0. The zero-order valence-corrected chi connectivity index (χ0v) is 15.6. The average Bonchev–Trinajstić information content (AvgIpc) is 3.18. The highest BCUT2D eigenvalue weighted by atomic mass is 16.2. The Morgan fingerprint density at radius 1 is 1.22 bits per heavy atom. The molecule has 7 nitrogen and oxygen atoms in total. The van der Waals surface area contributed by atoms with Crippen molar-refractivity contribution < 1.29 is 9.59 Å². The molecule has 1 aliphatic rings. The van der Waals surface area contributed by atoms with Gasteiger partial charge < -0.3 is 10.2 Å². The molecule has 4 rings (SSSR count). The summed E-state index contributed by atoms with van der Waals surface area (Å²) in [7, 11) is 1.82. The van der Waals surface area contributed by atoms with Crippen molar-refractivity contribution in [2.45, 2.75) is 26.7 Å². The number of rotatable bonds is 3. The van der Waals surface area contributed by atoms with E-state index in [0.717, 1.165) is 35.4 Å². The van der Waals surface area contributed by atoms with Crippen LogP contribution in [0, 0.1) is 13.8 Å². The number of pyridine rings is 1. The Bertz CT molecular complexity index is 1070. The van der Waals surface area contributed by atoms with E-state index < -0.39 is 0 Å². The number of hydrogen-bond acceptors (Lipinski definition) is 4. The van der Waals surface area contributed by atoms with Gasteiger partial charge in [-0.1, -0.05) is 6.07 Å². The lowest BCUT2D eigenvalue weighted by atomic mass is 10.1. The number of anilines is 2. The predicted molar refractivity (Wildman–Crippen MR) is 104 cm³/mol. The number of aryl methyl sites for hydroxylation is 3. The highest BCUT2D eigenvalue weighted by Crippen LogP contribution is 2.26. The SMILES string of the molecule is Cc1cc(C(=O)Nc2cccc(N3CCCC3=O)c2)c2c(C)nn(C)c2n1. The van der Waals surface area contributed by atoms with Crippen LogP contribution in [-0.4, -0.2) is 33.1 Å². The molecule has 1 N–H and O–H groups in total. The molecule has 1 aromatic carbocycles. The zero-order valence-electron chi connectivity index (χ0n) is 15.6. The predicted octanol–water partition coefficient (Wildman–Crippen LogP) is 2.96. The Kier molecular flexibility index (Phi) is 4.14. The molecule has 2 amide bonds. The Labute approximate surface area is 157 Å². The maximum atomic E-state index is 13.0. The van der Waals surface area contributed by atoms with Crippen molar-refractivity contribution in [3.63, 3.8) is 0 Å². The lowest BCUT2D eigenvalue weighted by Crippen LogP contribution is -2.23. The number of carbonyl (C=O) groups excluding carboxylic acids is 2. The molecule has 2 aromatic heterocycles. The van der Waals surface area contributed by atoms with E-state index in [4.69, 9.17) is 0 Å². The largest absolute Gasteiger partial charge is 0.322 e. The van der Waals surface area contributed by atoms with E-state index in [9.17, 15) is 9.59 Å². The highest BCUT2D eigenvalue weighted by molar-refractivity contribution is 6.13. The van der Waals surface area contributed by atoms with Gasteiger partial charge in [-0.05, 0) is 44.5 Å². The van der Waals surface area contributed by atoms with Crippen LogP contribution in [0.5, 0.6) is 0 Å². The van der Waals surface area contributed by atoms with E-state index in [-0.39, 0.29) is 11.8 Å². The van der Waals surface area contributed by atoms with Crippen LogP contribution in [0.25, 0.3) is 11.0 Å². The molecule has 1 saturated heterocycles. The number of nitrogens with zero attached hydrogens (tertiary/aromatic N) is 4. The van der Waals surface area contributed by atoms with Crippen molar-refractivity contribution in [2.24, 2.45) is 7.05 Å². The first-order valence-corrected chi connectivity index (χ1v) is 8.97. The van der Waals surface area contributed by atoms with Crippen LogP contribution in [0.1, 0.15) is 34.6 Å². The number of benzene rings is 1. The Morgan fingerprint density at radius 3 is 2.78 bits per heavy atom. The van der Waals surface area contributed by atoms with Gasteiger partial charge in [0.2, 0.25) is 5.91 Å². The van der Waals surface area contributed by atoms with Crippen LogP contribution in [0.15, 0.2) is 30.3 Å². The summed E-state index contributed by atoms with van der Waals surface area (Å²) in [4.78, 5) is 31.2. The van der Waals surface area contributed by atoms with Gasteiger partial charge in [-0.2, -0.15) is 5.10 Å². The fraction of sp³-hybridized carbons (Fsp3) is 0.300. The lowest BCUT2D eigenvalue weighted by molar-refractivity contribution is -0.117. The summed E-state index contributed by atoms with van der Waals surface area (Å²) in [5.74, 6) is -0.0950. The number of aromatic nitrogens is 3. The standard InChI is InChI=1S/C20H21N5O2/c1-12-10-16(18-13(2)23-24(3)19(18)21-12)20(27)22-14-6-4-7-15(11-14)25-9-5-8-17(25)26/h4,6-7,10-11H,5,8-9H2,1-3H3,(H,22,27). The second kappa shape index (κ2) is 6.50. The molecule has 138 valence electrons. The molecule has 0 atom stereocenters. The topological polar surface area (TPSA) is 80.1 Å². The minimum atomic E-state index is -0.216. The summed E-state index contributed by atoms with van der Waals surface area (Å²) in [6, 6.07) is 9.17. The van der Waals surface area contributed by atoms with E-state index in [0.29, 0.717) is 23.3 Å². The van der Waals surface area contributed by atoms with Gasteiger partial charge in [-0.3, -0.25) is 14.3 Å². The number of nitrogens with one attached hydrogen (secondary N) is 1. The van der Waals surface area contributed by atoms with Crippen LogP contribution >= 0.6 is 0 Å². The van der Waals surface area contributed by atoms with Crippen LogP contribution in [0.2, 0.25) is 0 Å². The Hall–Kier alpha value is -3.22. The summed E-state index contributed by atoms with van der Waals surface area (Å²) in [5, 5.41) is 8.09. The third-order valence-corrected chi connectivity index (χ3v) is 4.83. The highest BCUT2D eigenvalue weighted by Gasteiger charge is 2.22. The second-order valence-corrected chi connectivity index (χ2v) is 6.87. The van der Waals surface area contributed by atoms with E-state index in [2.05, 4.69) is 15.4 Å². The summed E-state index contributed by atoms with van der Waals surface area (Å²) in [5.41, 5.74) is 4.22. The van der Waals surface area contributed by atoms with Crippen molar-refractivity contribution >= 4 is 34.2 Å². The molecule has 1 aliphatic heterocycles. The molecule has 0 spiro atoms. The van der Waals surface area contributed by atoms with E-state index in [1.165, 1.54) is 0 Å². The molecule has 0 radical (unpaired) electrons. The second-order valence-electron chi connectivity index (χ2n) is 6.87. The van der Waals surface area contributed by atoms with Crippen molar-refractivity contribution in [1.82, 2.24) is 14.8 Å². The molecule has 0 unspecified atom stereocenters. The Morgan fingerprint density at radius 2 is 2.04 bits per heavy atom. The normalized spacial score (nSPS) is 14.2. The molecular weight excluding hydrogens is 342 g/mol. The molecule has 0 saturated carbocycles. The minimum absolute atomic E-state index is 0.121. The van der Waals surface area contributed by atoms with Gasteiger partial charge in [0.1, 0.15) is 0 Å². The summed E-state index contributed by atoms with van der Waals surface area (Å²) in [6.07, 6.45) is 1.44. The van der Waals surface area contributed by atoms with Crippen LogP contribution in [0.3, 0.4) is 0 Å². The molecule has 27 heavy (non-hydrogen) atoms. The smallest absolute Gasteiger partial charge is 0.256 e. The van der Waals surface area contributed by atoms with Gasteiger partial charge in [-0.15, -0.1) is 0 Å². The van der Waals surface area contributed by atoms with Gasteiger partial charge >= 0.3 is 0 Å². The van der Waals surface area contributed by atoms with E-state index in [1.54, 1.807) is 15.6 Å².